The minimum atomic E-state index is -1.84. The molecular weight excluding hydrogens is 684 g/mol. The lowest BCUT2D eigenvalue weighted by atomic mass is 9.74. The number of aliphatic hydroxyl groups is 4. The first kappa shape index (κ1) is 43.4. The van der Waals surface area contributed by atoms with Gasteiger partial charge >= 0.3 is 23.9 Å². The zero-order valence-corrected chi connectivity index (χ0v) is 29.4. The van der Waals surface area contributed by atoms with Gasteiger partial charge in [0, 0.05) is 27.4 Å². The molecule has 2 amide bonds. The number of carbonyl (C=O) groups excluding carboxylic acids is 7. The number of amides is 2. The van der Waals surface area contributed by atoms with Crippen molar-refractivity contribution in [3.8, 4) is 0 Å². The normalized spacial score (nSPS) is 30.8. The largest absolute Gasteiger partial charge is 0.462 e. The number of aliphatic hydroxyl groups excluding tert-OH is 4. The molecule has 0 spiro atoms. The van der Waals surface area contributed by atoms with E-state index in [0.717, 1.165) is 20.8 Å². The van der Waals surface area contributed by atoms with Gasteiger partial charge in [-0.05, 0) is 33.1 Å². The highest BCUT2D eigenvalue weighted by Crippen LogP contribution is 2.34. The molecule has 290 valence electrons. The molecule has 1 saturated heterocycles. The molecule has 2 rings (SSSR count). The Kier molecular flexibility index (Phi) is 17.3. The molecule has 6 N–H and O–H groups in total. The van der Waals surface area contributed by atoms with E-state index >= 15 is 0 Å². The first-order valence-corrected chi connectivity index (χ1v) is 16.5. The highest BCUT2D eigenvalue weighted by atomic mass is 16.6. The van der Waals surface area contributed by atoms with Crippen molar-refractivity contribution < 1.29 is 82.4 Å². The second kappa shape index (κ2) is 20.3. The van der Waals surface area contributed by atoms with Crippen LogP contribution < -0.4 is 10.6 Å². The molecule has 0 radical (unpaired) electrons. The summed E-state index contributed by atoms with van der Waals surface area (Å²) in [5.74, 6) is -6.21. The molecule has 2 aliphatic rings. The van der Waals surface area contributed by atoms with Crippen molar-refractivity contribution in [2.75, 3.05) is 13.2 Å². The van der Waals surface area contributed by atoms with Gasteiger partial charge in [0.05, 0.1) is 43.9 Å². The number of nitrogens with one attached hydrogen (secondary N) is 2. The summed E-state index contributed by atoms with van der Waals surface area (Å²) >= 11 is 0. The predicted molar refractivity (Wildman–Crippen MR) is 169 cm³/mol. The molecule has 1 saturated carbocycles. The number of carbonyl (C=O) groups is 7. The van der Waals surface area contributed by atoms with Gasteiger partial charge in [-0.2, -0.15) is 0 Å². The number of hydrogen-bond donors (Lipinski definition) is 6. The Balaban J connectivity index is 2.28. The molecule has 0 bridgehead atoms. The van der Waals surface area contributed by atoms with Gasteiger partial charge in [0.1, 0.15) is 55.1 Å². The Morgan fingerprint density at radius 3 is 1.75 bits per heavy atom. The second-order valence-electron chi connectivity index (χ2n) is 12.8. The van der Waals surface area contributed by atoms with Gasteiger partial charge in [0.25, 0.3) is 0 Å². The van der Waals surface area contributed by atoms with Gasteiger partial charge in [-0.3, -0.25) is 28.8 Å². The highest BCUT2D eigenvalue weighted by molar-refractivity contribution is 5.78. The maximum Gasteiger partial charge on any atom is 0.309 e. The Hall–Kier alpha value is -3.75. The van der Waals surface area contributed by atoms with Crippen LogP contribution in [0.3, 0.4) is 0 Å². The molecule has 1 aliphatic carbocycles. The van der Waals surface area contributed by atoms with Crippen LogP contribution in [0, 0.1) is 11.8 Å². The lowest BCUT2D eigenvalue weighted by molar-refractivity contribution is -0.261. The zero-order valence-electron chi connectivity index (χ0n) is 29.4. The summed E-state index contributed by atoms with van der Waals surface area (Å²) in [5, 5.41) is 47.4. The van der Waals surface area contributed by atoms with Gasteiger partial charge in [-0.25, -0.2) is 0 Å². The minimum absolute atomic E-state index is 0.0879. The lowest BCUT2D eigenvalue weighted by Crippen LogP contribution is -2.65. The van der Waals surface area contributed by atoms with Crippen LogP contribution in [0.1, 0.15) is 67.2 Å². The fourth-order valence-corrected chi connectivity index (χ4v) is 6.08. The van der Waals surface area contributed by atoms with E-state index in [1.54, 1.807) is 0 Å². The molecule has 51 heavy (non-hydrogen) atoms. The van der Waals surface area contributed by atoms with Crippen LogP contribution in [0.25, 0.3) is 0 Å². The summed E-state index contributed by atoms with van der Waals surface area (Å²) in [4.78, 5) is 84.7. The third-order valence-corrected chi connectivity index (χ3v) is 8.22. The average molecular weight is 735 g/mol. The Morgan fingerprint density at radius 2 is 1.27 bits per heavy atom. The smallest absolute Gasteiger partial charge is 0.309 e. The molecule has 13 atom stereocenters. The Bertz CT molecular complexity index is 1230. The minimum Gasteiger partial charge on any atom is -0.462 e. The number of aldehydes is 1. The summed E-state index contributed by atoms with van der Waals surface area (Å²) in [7, 11) is 0. The second-order valence-corrected chi connectivity index (χ2v) is 12.8. The molecule has 1 aliphatic heterocycles. The number of ether oxygens (including phenoxy) is 6. The maximum atomic E-state index is 13.1. The van der Waals surface area contributed by atoms with Gasteiger partial charge in [-0.15, -0.1) is 0 Å². The third kappa shape index (κ3) is 13.7. The van der Waals surface area contributed by atoms with Crippen molar-refractivity contribution in [2.24, 2.45) is 11.8 Å². The van der Waals surface area contributed by atoms with Crippen molar-refractivity contribution >= 4 is 42.0 Å². The van der Waals surface area contributed by atoms with Crippen LogP contribution in [0.15, 0.2) is 0 Å². The average Bonchev–Trinajstić information content (AvgIpc) is 2.99. The fraction of sp³-hybridized carbons (Fsp3) is 0.781. The molecule has 1 heterocycles. The van der Waals surface area contributed by atoms with Crippen LogP contribution in [0.2, 0.25) is 0 Å². The van der Waals surface area contributed by atoms with E-state index in [2.05, 4.69) is 10.6 Å². The fourth-order valence-electron chi connectivity index (χ4n) is 6.08. The lowest BCUT2D eigenvalue weighted by Gasteiger charge is -2.45. The van der Waals surface area contributed by atoms with Crippen molar-refractivity contribution in [1.82, 2.24) is 10.6 Å². The SMILES string of the molecule is CC(=O)O[C@H](C)CC(=O)NC1C(O)OC(CO[C@@H]2CC(CO)[C@@H](C=O)C(OC(=O)C[C@@H](C)OC(C)=O)C2NC(=O)C[C@@H](C)OC(C)=O)[C@@H](O)C1O. The summed E-state index contributed by atoms with van der Waals surface area (Å²) in [6, 6.07) is -2.76. The highest BCUT2D eigenvalue weighted by Gasteiger charge is 2.50. The van der Waals surface area contributed by atoms with Crippen molar-refractivity contribution in [3.05, 3.63) is 0 Å². The summed E-state index contributed by atoms with van der Waals surface area (Å²) in [5.41, 5.74) is 0. The van der Waals surface area contributed by atoms with E-state index in [1.807, 2.05) is 0 Å². The van der Waals surface area contributed by atoms with E-state index in [0.29, 0.717) is 6.29 Å². The number of rotatable bonds is 17. The van der Waals surface area contributed by atoms with Gasteiger partial charge in [-0.1, -0.05) is 0 Å². The first-order valence-electron chi connectivity index (χ1n) is 16.5. The standard InChI is InChI=1S/C32H50N2O17/c1-14(47-17(4)37)7-24(40)33-27-22(10-20(11-35)21(12-36)31(27)51-26(42)9-16(3)49-19(6)39)46-13-23-29(43)30(44)28(32(45)50-23)34-25(41)8-15(2)48-18(5)38/h12,14-16,20-23,27-32,35,43-45H,7-11,13H2,1-6H3,(H,33,40)(H,34,41)/t14-,15-,16-,20?,21-,22-,23?,27?,28?,29-,30?,31?,32?/m1/s1. The van der Waals surface area contributed by atoms with Gasteiger partial charge < -0.3 is 64.3 Å². The molecule has 2 fully saturated rings. The van der Waals surface area contributed by atoms with Crippen LogP contribution in [-0.2, 0) is 62.0 Å². The number of esters is 4. The molecule has 0 aromatic rings. The topological polar surface area (TPSA) is 280 Å². The van der Waals surface area contributed by atoms with Gasteiger partial charge in [0.15, 0.2) is 6.29 Å². The predicted octanol–water partition coefficient (Wildman–Crippen LogP) is -2.46. The van der Waals surface area contributed by atoms with E-state index in [9.17, 15) is 54.0 Å². The first-order chi connectivity index (χ1) is 23.9. The van der Waals surface area contributed by atoms with Crippen LogP contribution in [-0.4, -0.2) is 143 Å². The molecule has 0 aromatic carbocycles. The zero-order chi connectivity index (χ0) is 38.6. The van der Waals surface area contributed by atoms with E-state index < -0.39 is 134 Å². The maximum absolute atomic E-state index is 13.1. The quantitative estimate of drug-likeness (QED) is 0.0514. The molecule has 19 heteroatoms. The van der Waals surface area contributed by atoms with Crippen molar-refractivity contribution in [2.45, 2.75) is 134 Å². The van der Waals surface area contributed by atoms with Crippen LogP contribution in [0.4, 0.5) is 0 Å². The summed E-state index contributed by atoms with van der Waals surface area (Å²) in [6.45, 7) is 6.73. The van der Waals surface area contributed by atoms with Gasteiger partial charge in [0.2, 0.25) is 11.8 Å². The summed E-state index contributed by atoms with van der Waals surface area (Å²) < 4.78 is 32.0. The van der Waals surface area contributed by atoms with Crippen molar-refractivity contribution in [1.29, 1.82) is 0 Å². The van der Waals surface area contributed by atoms with E-state index in [4.69, 9.17) is 28.4 Å². The van der Waals surface area contributed by atoms with Crippen molar-refractivity contribution in [3.63, 3.8) is 0 Å². The molecular formula is C32H50N2O17. The summed E-state index contributed by atoms with van der Waals surface area (Å²) in [6.07, 6.45) is -12.6. The van der Waals surface area contributed by atoms with E-state index in [1.165, 1.54) is 20.8 Å². The number of hydrogen-bond acceptors (Lipinski definition) is 17. The molecule has 7 unspecified atom stereocenters. The monoisotopic (exact) mass is 734 g/mol. The third-order valence-electron chi connectivity index (χ3n) is 8.22. The molecule has 19 nitrogen and oxygen atoms in total. The Morgan fingerprint density at radius 1 is 0.784 bits per heavy atom. The molecule has 0 aromatic heterocycles. The Labute approximate surface area is 294 Å². The van der Waals surface area contributed by atoms with Crippen LogP contribution >= 0.6 is 0 Å². The van der Waals surface area contributed by atoms with E-state index in [-0.39, 0.29) is 19.3 Å². The van der Waals surface area contributed by atoms with Crippen LogP contribution in [0.5, 0.6) is 0 Å².